The number of nitrogens with one attached hydrogen (secondary N) is 1. The van der Waals surface area contributed by atoms with Crippen molar-refractivity contribution >= 4 is 25.8 Å². The Morgan fingerprint density at radius 1 is 1.40 bits per heavy atom. The second-order valence-corrected chi connectivity index (χ2v) is 6.51. The molecule has 0 spiro atoms. The van der Waals surface area contributed by atoms with Crippen molar-refractivity contribution < 1.29 is 8.42 Å². The molecule has 0 radical (unpaired) electrons. The molecule has 2 rings (SSSR count). The summed E-state index contributed by atoms with van der Waals surface area (Å²) in [6.07, 6.45) is 0.948. The molecule has 1 aromatic rings. The molecule has 3 nitrogen and oxygen atoms in total. The molecule has 82 valence electrons. The molecule has 0 bridgehead atoms. The van der Waals surface area contributed by atoms with Crippen molar-refractivity contribution in [1.82, 2.24) is 5.32 Å². The van der Waals surface area contributed by atoms with Crippen molar-refractivity contribution in [3.63, 3.8) is 0 Å². The van der Waals surface area contributed by atoms with Crippen molar-refractivity contribution in [1.29, 1.82) is 0 Å². The third-order valence-corrected chi connectivity index (χ3v) is 5.34. The van der Waals surface area contributed by atoms with Crippen LogP contribution in [-0.4, -0.2) is 26.8 Å². The van der Waals surface area contributed by atoms with Gasteiger partial charge in [0.1, 0.15) is 0 Å². The van der Waals surface area contributed by atoms with Crippen LogP contribution in [0.3, 0.4) is 0 Å². The first kappa shape index (κ1) is 11.1. The van der Waals surface area contributed by atoms with Crippen molar-refractivity contribution in [3.05, 3.63) is 28.7 Å². The summed E-state index contributed by atoms with van der Waals surface area (Å²) >= 11 is 3.26. The van der Waals surface area contributed by atoms with E-state index in [4.69, 9.17) is 0 Å². The number of halogens is 1. The maximum absolute atomic E-state index is 12.0. The molecule has 1 heterocycles. The predicted molar refractivity (Wildman–Crippen MR) is 62.6 cm³/mol. The Kier molecular flexibility index (Phi) is 3.13. The molecule has 0 aliphatic carbocycles. The Labute approximate surface area is 97.9 Å². The summed E-state index contributed by atoms with van der Waals surface area (Å²) in [5.74, 6) is 0.190. The Hall–Kier alpha value is -0.390. The largest absolute Gasteiger partial charge is 0.313 e. The van der Waals surface area contributed by atoms with Gasteiger partial charge in [-0.25, -0.2) is 8.42 Å². The maximum atomic E-state index is 12.0. The molecule has 5 heteroatoms. The second kappa shape index (κ2) is 4.23. The summed E-state index contributed by atoms with van der Waals surface area (Å²) in [6, 6.07) is 7.07. The van der Waals surface area contributed by atoms with Crippen LogP contribution < -0.4 is 5.32 Å². The molecule has 1 aliphatic heterocycles. The van der Waals surface area contributed by atoms with Crippen molar-refractivity contribution in [2.75, 3.05) is 12.3 Å². The van der Waals surface area contributed by atoms with Gasteiger partial charge in [-0.05, 0) is 41.0 Å². The Balaban J connectivity index is 2.24. The van der Waals surface area contributed by atoms with E-state index in [1.54, 1.807) is 18.2 Å². The standard InChI is InChI=1S/C10H12BrNO2S/c11-9-3-1-2-4-10(9)15(13,14)7-8-5-6-12-8/h1-4,8,12H,5-7H2. The maximum Gasteiger partial charge on any atom is 0.181 e. The normalized spacial score (nSPS) is 21.0. The monoisotopic (exact) mass is 289 g/mol. The average molecular weight is 290 g/mol. The molecule has 0 saturated carbocycles. The van der Waals surface area contributed by atoms with E-state index in [2.05, 4.69) is 21.2 Å². The molecule has 1 aromatic carbocycles. The fourth-order valence-electron chi connectivity index (χ4n) is 1.54. The Bertz CT molecular complexity index is 454. The summed E-state index contributed by atoms with van der Waals surface area (Å²) in [5, 5.41) is 3.10. The van der Waals surface area contributed by atoms with E-state index in [-0.39, 0.29) is 11.8 Å². The number of hydrogen-bond acceptors (Lipinski definition) is 3. The van der Waals surface area contributed by atoms with E-state index in [9.17, 15) is 8.42 Å². The molecule has 1 fully saturated rings. The van der Waals surface area contributed by atoms with Gasteiger partial charge in [0.2, 0.25) is 0 Å². The van der Waals surface area contributed by atoms with Crippen LogP contribution in [0.4, 0.5) is 0 Å². The first-order chi connectivity index (χ1) is 7.09. The molecular formula is C10H12BrNO2S. The van der Waals surface area contributed by atoms with Crippen LogP contribution in [0.25, 0.3) is 0 Å². The summed E-state index contributed by atoms with van der Waals surface area (Å²) in [6.45, 7) is 0.927. The van der Waals surface area contributed by atoms with Gasteiger partial charge in [0.15, 0.2) is 9.84 Å². The lowest BCUT2D eigenvalue weighted by Gasteiger charge is -2.27. The summed E-state index contributed by atoms with van der Waals surface area (Å²) < 4.78 is 24.6. The lowest BCUT2D eigenvalue weighted by molar-refractivity contribution is 0.398. The zero-order valence-electron chi connectivity index (χ0n) is 8.11. The highest BCUT2D eigenvalue weighted by molar-refractivity contribution is 9.10. The predicted octanol–water partition coefficient (Wildman–Crippen LogP) is 1.58. The first-order valence-corrected chi connectivity index (χ1v) is 7.25. The van der Waals surface area contributed by atoms with E-state index < -0.39 is 9.84 Å². The highest BCUT2D eigenvalue weighted by atomic mass is 79.9. The summed E-state index contributed by atoms with van der Waals surface area (Å²) in [4.78, 5) is 0.388. The van der Waals surface area contributed by atoms with Crippen LogP contribution >= 0.6 is 15.9 Å². The van der Waals surface area contributed by atoms with Gasteiger partial charge < -0.3 is 5.32 Å². The fraction of sp³-hybridized carbons (Fsp3) is 0.400. The van der Waals surface area contributed by atoms with Gasteiger partial charge in [-0.15, -0.1) is 0 Å². The van der Waals surface area contributed by atoms with Crippen LogP contribution in [0.5, 0.6) is 0 Å². The fourth-order valence-corrected chi connectivity index (χ4v) is 4.21. The minimum absolute atomic E-state index is 0.127. The summed E-state index contributed by atoms with van der Waals surface area (Å²) in [5.41, 5.74) is 0. The summed E-state index contributed by atoms with van der Waals surface area (Å²) in [7, 11) is -3.16. The van der Waals surface area contributed by atoms with Gasteiger partial charge in [0, 0.05) is 10.5 Å². The van der Waals surface area contributed by atoms with Crippen LogP contribution in [0, 0.1) is 0 Å². The van der Waals surface area contributed by atoms with Gasteiger partial charge >= 0.3 is 0 Å². The Morgan fingerprint density at radius 2 is 2.07 bits per heavy atom. The molecule has 1 unspecified atom stereocenters. The SMILES string of the molecule is O=S(=O)(CC1CCN1)c1ccccc1Br. The van der Waals surface area contributed by atoms with Crippen molar-refractivity contribution in [2.24, 2.45) is 0 Å². The van der Waals surface area contributed by atoms with Gasteiger partial charge in [0.05, 0.1) is 10.6 Å². The number of sulfone groups is 1. The lowest BCUT2D eigenvalue weighted by atomic mass is 10.1. The zero-order chi connectivity index (χ0) is 10.9. The molecule has 0 aromatic heterocycles. The molecule has 1 aliphatic rings. The van der Waals surface area contributed by atoms with Gasteiger partial charge in [-0.3, -0.25) is 0 Å². The molecular weight excluding hydrogens is 278 g/mol. The van der Waals surface area contributed by atoms with E-state index in [1.165, 1.54) is 0 Å². The third-order valence-electron chi connectivity index (χ3n) is 2.52. The van der Waals surface area contributed by atoms with Gasteiger partial charge in [0.25, 0.3) is 0 Å². The lowest BCUT2D eigenvalue weighted by Crippen LogP contribution is -2.47. The van der Waals surface area contributed by atoms with Crippen LogP contribution in [0.1, 0.15) is 6.42 Å². The van der Waals surface area contributed by atoms with Gasteiger partial charge in [-0.1, -0.05) is 12.1 Å². The zero-order valence-corrected chi connectivity index (χ0v) is 10.5. The van der Waals surface area contributed by atoms with Crippen molar-refractivity contribution in [2.45, 2.75) is 17.4 Å². The highest BCUT2D eigenvalue weighted by Crippen LogP contribution is 2.23. The quantitative estimate of drug-likeness (QED) is 0.919. The van der Waals surface area contributed by atoms with Crippen LogP contribution in [0.2, 0.25) is 0 Å². The van der Waals surface area contributed by atoms with E-state index in [0.717, 1.165) is 13.0 Å². The number of benzene rings is 1. The molecule has 15 heavy (non-hydrogen) atoms. The van der Waals surface area contributed by atoms with E-state index in [1.807, 2.05) is 6.07 Å². The van der Waals surface area contributed by atoms with Crippen LogP contribution in [0.15, 0.2) is 33.6 Å². The smallest absolute Gasteiger partial charge is 0.181 e. The van der Waals surface area contributed by atoms with Crippen LogP contribution in [-0.2, 0) is 9.84 Å². The molecule has 0 amide bonds. The minimum atomic E-state index is -3.16. The second-order valence-electron chi connectivity index (χ2n) is 3.65. The minimum Gasteiger partial charge on any atom is -0.313 e. The third kappa shape index (κ3) is 2.41. The number of rotatable bonds is 3. The van der Waals surface area contributed by atoms with E-state index in [0.29, 0.717) is 9.37 Å². The molecule has 1 N–H and O–H groups in total. The van der Waals surface area contributed by atoms with Gasteiger partial charge in [-0.2, -0.15) is 0 Å². The molecule has 1 saturated heterocycles. The highest BCUT2D eigenvalue weighted by Gasteiger charge is 2.26. The van der Waals surface area contributed by atoms with E-state index >= 15 is 0 Å². The van der Waals surface area contributed by atoms with Crippen molar-refractivity contribution in [3.8, 4) is 0 Å². The first-order valence-electron chi connectivity index (χ1n) is 4.80. The number of hydrogen-bond donors (Lipinski definition) is 1. The topological polar surface area (TPSA) is 46.2 Å². The average Bonchev–Trinajstić information content (AvgIpc) is 2.12. The Morgan fingerprint density at radius 3 is 2.60 bits per heavy atom. The molecule has 1 atom stereocenters.